The molecule has 1 aliphatic carbocycles. The molecule has 0 radical (unpaired) electrons. The van der Waals surface area contributed by atoms with Gasteiger partial charge in [-0.2, -0.15) is 13.2 Å². The van der Waals surface area contributed by atoms with Gasteiger partial charge in [-0.25, -0.2) is 0 Å². The van der Waals surface area contributed by atoms with Crippen molar-refractivity contribution >= 4 is 6.29 Å². The van der Waals surface area contributed by atoms with E-state index in [4.69, 9.17) is 9.47 Å². The fourth-order valence-electron chi connectivity index (χ4n) is 5.28. The molecule has 0 aromatic heterocycles. The number of halogens is 3. The molecule has 0 fully saturated rings. The molecule has 3 aromatic rings. The number of carbonyl (C=O) groups is 1. The third-order valence-electron chi connectivity index (χ3n) is 6.90. The van der Waals surface area contributed by atoms with Crippen LogP contribution in [0.5, 0.6) is 11.5 Å². The minimum Gasteiger partial charge on any atom is -0.488 e. The predicted octanol–water partition coefficient (Wildman–Crippen LogP) is 8.40. The van der Waals surface area contributed by atoms with E-state index in [-0.39, 0.29) is 42.4 Å². The maximum Gasteiger partial charge on any atom is 0.425 e. The average Bonchev–Trinajstić information content (AvgIpc) is 2.87. The minimum atomic E-state index is -4.50. The summed E-state index contributed by atoms with van der Waals surface area (Å²) < 4.78 is 52.0. The SMILES string of the molecule is CC(C)(C)Oc1ccc2c(c1)CC[C@H](c1ccccc1)[C@@H]2c1ccc(OC(CCCC=O)C(F)(F)F)cc1. The van der Waals surface area contributed by atoms with E-state index < -0.39 is 12.3 Å². The van der Waals surface area contributed by atoms with E-state index in [1.54, 1.807) is 12.1 Å². The number of hydrogen-bond donors (Lipinski definition) is 0. The van der Waals surface area contributed by atoms with Gasteiger partial charge in [0.2, 0.25) is 0 Å². The highest BCUT2D eigenvalue weighted by Crippen LogP contribution is 2.47. The molecule has 6 heteroatoms. The van der Waals surface area contributed by atoms with Crippen LogP contribution < -0.4 is 9.47 Å². The number of hydrogen-bond acceptors (Lipinski definition) is 3. The third-order valence-corrected chi connectivity index (χ3v) is 6.90. The molecule has 0 saturated heterocycles. The van der Waals surface area contributed by atoms with Crippen molar-refractivity contribution in [2.75, 3.05) is 0 Å². The molecule has 0 aliphatic heterocycles. The number of carbonyl (C=O) groups excluding carboxylic acids is 1. The van der Waals surface area contributed by atoms with Crippen molar-refractivity contribution in [2.24, 2.45) is 0 Å². The van der Waals surface area contributed by atoms with Crippen LogP contribution in [0, 0.1) is 0 Å². The Balaban J connectivity index is 1.65. The first kappa shape index (κ1) is 27.7. The Hall–Kier alpha value is -3.28. The molecule has 4 rings (SSSR count). The molecule has 3 aromatic carbocycles. The molecule has 3 atom stereocenters. The van der Waals surface area contributed by atoms with Crippen molar-refractivity contribution in [3.8, 4) is 11.5 Å². The molecule has 0 saturated carbocycles. The van der Waals surface area contributed by atoms with E-state index in [0.29, 0.717) is 6.29 Å². The first-order valence-corrected chi connectivity index (χ1v) is 13.2. The van der Waals surface area contributed by atoms with Crippen molar-refractivity contribution in [1.29, 1.82) is 0 Å². The standard InChI is InChI=1S/C32H35F3O3/c1-31(2,3)38-26-17-19-28-24(21-26)14-18-27(22-9-5-4-6-10-22)30(28)23-12-15-25(16-13-23)37-29(32(33,34)35)11-7-8-20-36/h4-6,9-10,12-13,15-17,19-21,27,29-30H,7-8,11,14,18H2,1-3H3/t27-,29?,30+/m1/s1. The monoisotopic (exact) mass is 524 g/mol. The molecule has 202 valence electrons. The summed E-state index contributed by atoms with van der Waals surface area (Å²) in [5, 5.41) is 0. The van der Waals surface area contributed by atoms with Crippen LogP contribution in [0.25, 0.3) is 0 Å². The zero-order valence-corrected chi connectivity index (χ0v) is 22.1. The zero-order chi connectivity index (χ0) is 27.3. The van der Waals surface area contributed by atoms with E-state index in [1.165, 1.54) is 16.7 Å². The molecule has 0 heterocycles. The molecular formula is C32H35F3O3. The Kier molecular flexibility index (Phi) is 8.49. The van der Waals surface area contributed by atoms with Gasteiger partial charge in [0.05, 0.1) is 0 Å². The van der Waals surface area contributed by atoms with E-state index in [0.717, 1.165) is 24.2 Å². The number of benzene rings is 3. The number of rotatable bonds is 9. The summed E-state index contributed by atoms with van der Waals surface area (Å²) in [5.41, 5.74) is 4.41. The first-order valence-electron chi connectivity index (χ1n) is 13.2. The highest BCUT2D eigenvalue weighted by molar-refractivity contribution is 5.49. The van der Waals surface area contributed by atoms with Crippen molar-refractivity contribution in [3.63, 3.8) is 0 Å². The molecular weight excluding hydrogens is 489 g/mol. The second-order valence-electron chi connectivity index (χ2n) is 10.9. The van der Waals surface area contributed by atoms with Crippen LogP contribution in [0.1, 0.15) is 80.5 Å². The summed E-state index contributed by atoms with van der Waals surface area (Å²) in [6, 6.07) is 23.7. The van der Waals surface area contributed by atoms with E-state index in [2.05, 4.69) is 24.3 Å². The Morgan fingerprint density at radius 2 is 1.61 bits per heavy atom. The topological polar surface area (TPSA) is 35.5 Å². The second-order valence-corrected chi connectivity index (χ2v) is 10.9. The van der Waals surface area contributed by atoms with Gasteiger partial charge < -0.3 is 14.3 Å². The van der Waals surface area contributed by atoms with E-state index >= 15 is 0 Å². The maximum atomic E-state index is 13.5. The molecule has 0 amide bonds. The Morgan fingerprint density at radius 1 is 0.921 bits per heavy atom. The lowest BCUT2D eigenvalue weighted by atomic mass is 9.69. The van der Waals surface area contributed by atoms with Crippen molar-refractivity contribution in [2.45, 2.75) is 82.6 Å². The Morgan fingerprint density at radius 3 is 2.24 bits per heavy atom. The predicted molar refractivity (Wildman–Crippen MR) is 143 cm³/mol. The van der Waals surface area contributed by atoms with Gasteiger partial charge in [-0.1, -0.05) is 48.5 Å². The quantitative estimate of drug-likeness (QED) is 0.208. The van der Waals surface area contributed by atoms with Crippen molar-refractivity contribution in [1.82, 2.24) is 0 Å². The van der Waals surface area contributed by atoms with Gasteiger partial charge in [0, 0.05) is 12.3 Å². The third kappa shape index (κ3) is 6.97. The lowest BCUT2D eigenvalue weighted by molar-refractivity contribution is -0.197. The van der Waals surface area contributed by atoms with Gasteiger partial charge in [-0.15, -0.1) is 0 Å². The van der Waals surface area contributed by atoms with Gasteiger partial charge in [-0.05, 0) is 98.9 Å². The lowest BCUT2D eigenvalue weighted by Gasteiger charge is -2.35. The summed E-state index contributed by atoms with van der Waals surface area (Å²) >= 11 is 0. The van der Waals surface area contributed by atoms with Crippen LogP contribution >= 0.6 is 0 Å². The summed E-state index contributed by atoms with van der Waals surface area (Å²) in [4.78, 5) is 10.5. The number of fused-ring (bicyclic) bond motifs is 1. The molecule has 38 heavy (non-hydrogen) atoms. The second kappa shape index (κ2) is 11.6. The van der Waals surface area contributed by atoms with Gasteiger partial charge in [0.1, 0.15) is 23.4 Å². The molecule has 1 aliphatic rings. The van der Waals surface area contributed by atoms with Crippen LogP contribution in [0.4, 0.5) is 13.2 Å². The normalized spacial score (nSPS) is 18.4. The van der Waals surface area contributed by atoms with Gasteiger partial charge in [0.25, 0.3) is 0 Å². The minimum absolute atomic E-state index is 0.0462. The van der Waals surface area contributed by atoms with Crippen LogP contribution in [0.15, 0.2) is 72.8 Å². The van der Waals surface area contributed by atoms with Gasteiger partial charge in [0.15, 0.2) is 6.10 Å². The number of alkyl halides is 3. The number of unbranched alkanes of at least 4 members (excludes halogenated alkanes) is 1. The highest BCUT2D eigenvalue weighted by atomic mass is 19.4. The zero-order valence-electron chi connectivity index (χ0n) is 22.1. The number of ether oxygens (including phenoxy) is 2. The van der Waals surface area contributed by atoms with Crippen LogP contribution in [-0.2, 0) is 11.2 Å². The van der Waals surface area contributed by atoms with Crippen LogP contribution in [-0.4, -0.2) is 24.2 Å². The fourth-order valence-corrected chi connectivity index (χ4v) is 5.28. The van der Waals surface area contributed by atoms with E-state index in [1.807, 2.05) is 57.2 Å². The molecule has 0 bridgehead atoms. The first-order chi connectivity index (χ1) is 18.0. The van der Waals surface area contributed by atoms with Crippen molar-refractivity contribution in [3.05, 3.63) is 95.1 Å². The largest absolute Gasteiger partial charge is 0.488 e. The molecule has 1 unspecified atom stereocenters. The van der Waals surface area contributed by atoms with Gasteiger partial charge in [-0.3, -0.25) is 0 Å². The Labute approximate surface area is 223 Å². The number of aldehydes is 1. The molecule has 0 N–H and O–H groups in total. The molecule has 3 nitrogen and oxygen atoms in total. The summed E-state index contributed by atoms with van der Waals surface area (Å²) in [6.45, 7) is 6.07. The maximum absolute atomic E-state index is 13.5. The lowest BCUT2D eigenvalue weighted by Crippen LogP contribution is -2.34. The Bertz CT molecular complexity index is 1200. The smallest absolute Gasteiger partial charge is 0.425 e. The number of aryl methyl sites for hydroxylation is 1. The average molecular weight is 525 g/mol. The van der Waals surface area contributed by atoms with Crippen LogP contribution in [0.2, 0.25) is 0 Å². The highest BCUT2D eigenvalue weighted by Gasteiger charge is 2.41. The summed E-state index contributed by atoms with van der Waals surface area (Å²) in [7, 11) is 0. The summed E-state index contributed by atoms with van der Waals surface area (Å²) in [5.74, 6) is 1.29. The van der Waals surface area contributed by atoms with Crippen LogP contribution in [0.3, 0.4) is 0 Å². The van der Waals surface area contributed by atoms with Gasteiger partial charge >= 0.3 is 6.18 Å². The van der Waals surface area contributed by atoms with E-state index in [9.17, 15) is 18.0 Å². The molecule has 0 spiro atoms. The summed E-state index contributed by atoms with van der Waals surface area (Å²) in [6.07, 6.45) is -3.99. The van der Waals surface area contributed by atoms with Crippen molar-refractivity contribution < 1.29 is 27.4 Å². The fraction of sp³-hybridized carbons (Fsp3) is 0.406.